The Morgan fingerprint density at radius 3 is 2.66 bits per heavy atom. The second-order valence-electron chi connectivity index (χ2n) is 8.48. The van der Waals surface area contributed by atoms with Crippen molar-refractivity contribution in [3.05, 3.63) is 62.5 Å². The number of nitrogens with zero attached hydrogens (tertiary/aromatic N) is 4. The minimum absolute atomic E-state index is 0.0267. The Labute approximate surface area is 229 Å². The first-order chi connectivity index (χ1) is 18.3. The summed E-state index contributed by atoms with van der Waals surface area (Å²) in [5.74, 6) is 11.7. The molecule has 3 N–H and O–H groups in total. The number of benzene rings is 1. The summed E-state index contributed by atoms with van der Waals surface area (Å²) in [5, 5.41) is 30.5. The number of aliphatic imine (C=N–C) groups is 1. The largest absolute Gasteiger partial charge is 0.366 e. The number of aromatic nitrogens is 3. The number of hydrogen-bond donors (Lipinski definition) is 3. The summed E-state index contributed by atoms with van der Waals surface area (Å²) in [6, 6.07) is 6.96. The van der Waals surface area contributed by atoms with Crippen LogP contribution in [0.5, 0.6) is 0 Å². The topological polar surface area (TPSA) is 122 Å². The first kappa shape index (κ1) is 27.5. The highest BCUT2D eigenvalue weighted by atomic mass is 35.5. The van der Waals surface area contributed by atoms with E-state index in [-0.39, 0.29) is 32.1 Å². The Morgan fingerprint density at radius 1 is 1.18 bits per heavy atom. The van der Waals surface area contributed by atoms with Gasteiger partial charge in [0.2, 0.25) is 5.91 Å². The van der Waals surface area contributed by atoms with Crippen LogP contribution in [-0.2, 0) is 9.53 Å². The van der Waals surface area contributed by atoms with Crippen LogP contribution >= 0.6 is 22.9 Å². The van der Waals surface area contributed by atoms with Crippen LogP contribution in [-0.4, -0.2) is 62.6 Å². The first-order valence-electron chi connectivity index (χ1n) is 11.8. The number of aryl methyl sites for hydroxylation is 2. The molecule has 3 aromatic rings. The van der Waals surface area contributed by atoms with Gasteiger partial charge in [0.05, 0.1) is 25.3 Å². The normalized spacial score (nSPS) is 13.9. The van der Waals surface area contributed by atoms with E-state index in [2.05, 4.69) is 53.0 Å². The molecular formula is C27H26ClN5O4S. The lowest BCUT2D eigenvalue weighted by Gasteiger charge is -2.12. The van der Waals surface area contributed by atoms with Crippen LogP contribution in [0, 0.1) is 44.5 Å². The molecule has 0 saturated carbocycles. The van der Waals surface area contributed by atoms with Crippen LogP contribution in [0.3, 0.4) is 0 Å². The van der Waals surface area contributed by atoms with Gasteiger partial charge in [0, 0.05) is 21.0 Å². The summed E-state index contributed by atoms with van der Waals surface area (Å²) in [4.78, 5) is 19.1. The molecule has 0 fully saturated rings. The van der Waals surface area contributed by atoms with Crippen molar-refractivity contribution >= 4 is 34.6 Å². The predicted molar refractivity (Wildman–Crippen MR) is 146 cm³/mol. The van der Waals surface area contributed by atoms with E-state index in [9.17, 15) is 4.79 Å². The fourth-order valence-electron chi connectivity index (χ4n) is 3.91. The van der Waals surface area contributed by atoms with E-state index in [0.29, 0.717) is 10.8 Å². The molecule has 1 atom stereocenters. The number of thiophene rings is 1. The highest BCUT2D eigenvalue weighted by molar-refractivity contribution is 7.15. The summed E-state index contributed by atoms with van der Waals surface area (Å²) in [6.45, 7) is 5.97. The number of halogens is 1. The van der Waals surface area contributed by atoms with Gasteiger partial charge in [-0.1, -0.05) is 35.6 Å². The maximum absolute atomic E-state index is 12.9. The molecule has 0 saturated heterocycles. The zero-order valence-electron chi connectivity index (χ0n) is 21.1. The quantitative estimate of drug-likeness (QED) is 0.236. The van der Waals surface area contributed by atoms with Gasteiger partial charge in [-0.3, -0.25) is 14.4 Å². The fraction of sp³-hybridized carbons (Fsp3) is 0.333. The van der Waals surface area contributed by atoms with Crippen LogP contribution in [0.15, 0.2) is 29.3 Å². The summed E-state index contributed by atoms with van der Waals surface area (Å²) >= 11 is 7.80. The molecule has 11 heteroatoms. The molecular weight excluding hydrogens is 526 g/mol. The minimum Gasteiger partial charge on any atom is -0.366 e. The Morgan fingerprint density at radius 2 is 1.92 bits per heavy atom. The van der Waals surface area contributed by atoms with Crippen LogP contribution in [0.4, 0.5) is 0 Å². The molecule has 0 spiro atoms. The molecule has 38 heavy (non-hydrogen) atoms. The molecule has 1 aromatic carbocycles. The molecule has 9 nitrogen and oxygen atoms in total. The summed E-state index contributed by atoms with van der Waals surface area (Å²) in [7, 11) is 0. The molecule has 1 amide bonds. The second kappa shape index (κ2) is 12.4. The van der Waals surface area contributed by atoms with Crippen LogP contribution in [0.1, 0.15) is 45.7 Å². The van der Waals surface area contributed by atoms with Gasteiger partial charge in [-0.25, -0.2) is 0 Å². The molecule has 0 bridgehead atoms. The average molecular weight is 552 g/mol. The Kier molecular flexibility index (Phi) is 8.95. The number of carbonyl (C=O) groups excluding carboxylic acids is 1. The predicted octanol–water partition coefficient (Wildman–Crippen LogP) is 2.64. The lowest BCUT2D eigenvalue weighted by Crippen LogP contribution is -2.25. The fourth-order valence-corrected chi connectivity index (χ4v) is 5.25. The minimum atomic E-state index is -1.53. The van der Waals surface area contributed by atoms with E-state index >= 15 is 0 Å². The van der Waals surface area contributed by atoms with E-state index in [0.717, 1.165) is 33.2 Å². The van der Waals surface area contributed by atoms with Crippen molar-refractivity contribution in [3.63, 3.8) is 0 Å². The van der Waals surface area contributed by atoms with Crippen LogP contribution < -0.4 is 5.32 Å². The second-order valence-corrected chi connectivity index (χ2v) is 10.1. The molecule has 1 aliphatic heterocycles. The third-order valence-corrected chi connectivity index (χ3v) is 7.23. The highest BCUT2D eigenvalue weighted by Crippen LogP contribution is 2.39. The van der Waals surface area contributed by atoms with Crippen molar-refractivity contribution in [1.29, 1.82) is 0 Å². The maximum Gasteiger partial charge on any atom is 0.223 e. The maximum atomic E-state index is 12.9. The Hall–Kier alpha value is -3.51. The molecule has 0 unspecified atom stereocenters. The number of fused-ring (bicyclic) bond motifs is 3. The monoisotopic (exact) mass is 551 g/mol. The highest BCUT2D eigenvalue weighted by Gasteiger charge is 2.32. The third-order valence-electron chi connectivity index (χ3n) is 5.79. The smallest absolute Gasteiger partial charge is 0.223 e. The van der Waals surface area contributed by atoms with Crippen molar-refractivity contribution in [2.75, 3.05) is 19.8 Å². The van der Waals surface area contributed by atoms with Crippen molar-refractivity contribution in [1.82, 2.24) is 20.1 Å². The number of hydrogen-bond acceptors (Lipinski definition) is 8. The van der Waals surface area contributed by atoms with Crippen molar-refractivity contribution in [2.24, 2.45) is 4.99 Å². The van der Waals surface area contributed by atoms with Crippen LogP contribution in [0.25, 0.3) is 5.00 Å². The Bertz CT molecular complexity index is 1490. The van der Waals surface area contributed by atoms with E-state index in [1.54, 1.807) is 11.3 Å². The van der Waals surface area contributed by atoms with Gasteiger partial charge in [-0.2, -0.15) is 0 Å². The zero-order valence-corrected chi connectivity index (χ0v) is 22.7. The lowest BCUT2D eigenvalue weighted by molar-refractivity contribution is -0.121. The molecule has 0 aliphatic carbocycles. The van der Waals surface area contributed by atoms with E-state index in [4.69, 9.17) is 31.5 Å². The lowest BCUT2D eigenvalue weighted by atomic mass is 9.99. The van der Waals surface area contributed by atoms with Crippen LogP contribution in [0.2, 0.25) is 5.02 Å². The molecule has 3 heterocycles. The molecule has 2 aromatic heterocycles. The number of carbonyl (C=O) groups is 1. The van der Waals surface area contributed by atoms with Gasteiger partial charge in [0.1, 0.15) is 23.5 Å². The molecule has 4 rings (SSSR count). The number of ether oxygens (including phenoxy) is 1. The van der Waals surface area contributed by atoms with Gasteiger partial charge >= 0.3 is 0 Å². The third kappa shape index (κ3) is 6.30. The zero-order chi connectivity index (χ0) is 27.2. The van der Waals surface area contributed by atoms with E-state index in [1.807, 2.05) is 35.8 Å². The SMILES string of the molecule is Cc1sc2c(c1C)C(c1ccc(Cl)cc1)=N[C@@H](CC(=O)NCC#CC#CCOCC(O)O)c1nnc(C)n1-2. The first-order valence-corrected chi connectivity index (χ1v) is 13.0. The molecule has 196 valence electrons. The van der Waals surface area contributed by atoms with Gasteiger partial charge in [-0.05, 0) is 50.3 Å². The number of aliphatic hydroxyl groups excluding tert-OH is 1. The van der Waals surface area contributed by atoms with E-state index in [1.165, 1.54) is 4.88 Å². The van der Waals surface area contributed by atoms with E-state index < -0.39 is 12.3 Å². The number of aliphatic hydroxyl groups is 2. The number of nitrogens with one attached hydrogen (secondary N) is 1. The van der Waals surface area contributed by atoms with Crippen molar-refractivity contribution < 1.29 is 19.7 Å². The molecule has 1 aliphatic rings. The summed E-state index contributed by atoms with van der Waals surface area (Å²) < 4.78 is 6.90. The van der Waals surface area contributed by atoms with Crippen molar-refractivity contribution in [3.8, 4) is 28.7 Å². The van der Waals surface area contributed by atoms with Gasteiger partial charge in [0.15, 0.2) is 12.1 Å². The van der Waals surface area contributed by atoms with Gasteiger partial charge in [-0.15, -0.1) is 21.5 Å². The number of amides is 1. The Balaban J connectivity index is 1.56. The van der Waals surface area contributed by atoms with Gasteiger partial charge < -0.3 is 20.3 Å². The molecule has 0 radical (unpaired) electrons. The standard InChI is InChI=1S/C27H26ClN5O4S/c1-16-17(2)38-27-24(16)25(19-8-10-20(28)11-9-19)30-21(26-32-31-18(3)33(26)27)14-22(34)29-12-6-4-5-7-13-37-15-23(35)36/h8-11,21,23,35-36H,12-15H2,1-3H3,(H,29,34)/t21-/m0/s1. The summed E-state index contributed by atoms with van der Waals surface area (Å²) in [5.41, 5.74) is 3.81. The summed E-state index contributed by atoms with van der Waals surface area (Å²) in [6.07, 6.45) is -1.47. The van der Waals surface area contributed by atoms with Crippen molar-refractivity contribution in [2.45, 2.75) is 39.5 Å². The number of rotatable bonds is 7. The van der Waals surface area contributed by atoms with Gasteiger partial charge in [0.25, 0.3) is 0 Å². The average Bonchev–Trinajstić information content (AvgIpc) is 3.35.